The third-order valence-corrected chi connectivity index (χ3v) is 6.03. The molecule has 144 valence electrons. The van der Waals surface area contributed by atoms with Crippen molar-refractivity contribution < 1.29 is 20.1 Å². The largest absolute Gasteiger partial charge is 0.481 e. The fraction of sp³-hybridized carbons (Fsp3) is 0.522. The predicted octanol–water partition coefficient (Wildman–Crippen LogP) is 3.04. The van der Waals surface area contributed by atoms with E-state index in [0.29, 0.717) is 37.0 Å². The Morgan fingerprint density at radius 1 is 1.30 bits per heavy atom. The Hall–Kier alpha value is -2.09. The van der Waals surface area contributed by atoms with Crippen molar-refractivity contribution in [3.8, 4) is 11.8 Å². The standard InChI is InChI=1S/C23H28O4/c1-15-18(8-5-9-22(26)27)19-12-13-21(25)20(23(15)19)11-10-17(24)14-16-6-3-2-4-7-16/h2-4,6-8,15,17,19-21,23-25H,5,9,12-14H2,1H3,(H,26,27)/t15?,17?,19-,20+,21-,23+/m1/s1. The maximum absolute atomic E-state index is 10.7. The summed E-state index contributed by atoms with van der Waals surface area (Å²) in [5, 5.41) is 29.5. The number of aliphatic carboxylic acids is 1. The SMILES string of the molecule is CC1C(=CCCC(=O)O)[C@H]2CC[C@@H](O)[C@H](C#CC(O)Cc3ccccc3)[C@@H]12. The highest BCUT2D eigenvalue weighted by Crippen LogP contribution is 2.55. The number of rotatable bonds is 5. The van der Waals surface area contributed by atoms with Crippen molar-refractivity contribution in [1.29, 1.82) is 0 Å². The van der Waals surface area contributed by atoms with Gasteiger partial charge in [-0.1, -0.05) is 60.7 Å². The maximum Gasteiger partial charge on any atom is 0.303 e. The van der Waals surface area contributed by atoms with Crippen LogP contribution < -0.4 is 0 Å². The van der Waals surface area contributed by atoms with Gasteiger partial charge in [-0.3, -0.25) is 4.79 Å². The minimum atomic E-state index is -0.773. The Morgan fingerprint density at radius 2 is 2.04 bits per heavy atom. The van der Waals surface area contributed by atoms with Gasteiger partial charge in [-0.15, -0.1) is 0 Å². The van der Waals surface area contributed by atoms with E-state index in [2.05, 4.69) is 24.8 Å². The molecule has 1 aromatic carbocycles. The first-order chi connectivity index (χ1) is 13.0. The molecule has 1 aromatic rings. The number of carbonyl (C=O) groups is 1. The molecule has 6 atom stereocenters. The van der Waals surface area contributed by atoms with Crippen LogP contribution >= 0.6 is 0 Å². The minimum Gasteiger partial charge on any atom is -0.481 e. The Labute approximate surface area is 160 Å². The fourth-order valence-corrected chi connectivity index (χ4v) is 4.69. The third-order valence-electron chi connectivity index (χ3n) is 6.03. The highest BCUT2D eigenvalue weighted by molar-refractivity contribution is 5.66. The van der Waals surface area contributed by atoms with Crippen LogP contribution in [0.2, 0.25) is 0 Å². The summed E-state index contributed by atoms with van der Waals surface area (Å²) >= 11 is 0. The number of carboxylic acids is 1. The molecular formula is C23H28O4. The summed E-state index contributed by atoms with van der Waals surface area (Å²) in [4.78, 5) is 10.7. The average molecular weight is 368 g/mol. The van der Waals surface area contributed by atoms with Crippen LogP contribution in [-0.2, 0) is 11.2 Å². The molecule has 0 aromatic heterocycles. The summed E-state index contributed by atoms with van der Waals surface area (Å²) in [5.41, 5.74) is 2.37. The zero-order valence-corrected chi connectivity index (χ0v) is 15.7. The van der Waals surface area contributed by atoms with E-state index < -0.39 is 18.2 Å². The first-order valence-electron chi connectivity index (χ1n) is 9.80. The van der Waals surface area contributed by atoms with Crippen LogP contribution in [0.3, 0.4) is 0 Å². The maximum atomic E-state index is 10.7. The summed E-state index contributed by atoms with van der Waals surface area (Å²) in [6.45, 7) is 2.14. The van der Waals surface area contributed by atoms with Crippen molar-refractivity contribution in [2.45, 2.75) is 51.2 Å². The number of benzene rings is 1. The van der Waals surface area contributed by atoms with Crippen LogP contribution in [0.1, 0.15) is 38.2 Å². The first kappa shape index (κ1) is 19.7. The molecule has 0 heterocycles. The summed E-state index contributed by atoms with van der Waals surface area (Å²) in [5.74, 6) is 6.23. The lowest BCUT2D eigenvalue weighted by atomic mass is 9.51. The number of aliphatic hydroxyl groups is 2. The van der Waals surface area contributed by atoms with Gasteiger partial charge in [-0.25, -0.2) is 0 Å². The second-order valence-electron chi connectivity index (χ2n) is 7.77. The van der Waals surface area contributed by atoms with Crippen LogP contribution in [0.15, 0.2) is 42.0 Å². The van der Waals surface area contributed by atoms with E-state index >= 15 is 0 Å². The second-order valence-corrected chi connectivity index (χ2v) is 7.77. The van der Waals surface area contributed by atoms with E-state index in [9.17, 15) is 15.0 Å². The summed E-state index contributed by atoms with van der Waals surface area (Å²) < 4.78 is 0. The fourth-order valence-electron chi connectivity index (χ4n) is 4.69. The van der Waals surface area contributed by atoms with E-state index in [4.69, 9.17) is 5.11 Å². The highest BCUT2D eigenvalue weighted by atomic mass is 16.4. The van der Waals surface area contributed by atoms with Gasteiger partial charge in [0, 0.05) is 12.8 Å². The van der Waals surface area contributed by atoms with Gasteiger partial charge in [0.25, 0.3) is 0 Å². The van der Waals surface area contributed by atoms with Gasteiger partial charge in [0.2, 0.25) is 0 Å². The summed E-state index contributed by atoms with van der Waals surface area (Å²) in [7, 11) is 0. The van der Waals surface area contributed by atoms with Crippen molar-refractivity contribution in [2.75, 3.05) is 0 Å². The zero-order valence-electron chi connectivity index (χ0n) is 15.7. The molecule has 0 spiro atoms. The summed E-state index contributed by atoms with van der Waals surface area (Å²) in [6, 6.07) is 9.77. The Kier molecular flexibility index (Phi) is 6.36. The molecule has 27 heavy (non-hydrogen) atoms. The third kappa shape index (κ3) is 4.61. The molecule has 2 saturated carbocycles. The quantitative estimate of drug-likeness (QED) is 0.551. The number of carboxylic acid groups (broad SMARTS) is 1. The van der Waals surface area contributed by atoms with Crippen LogP contribution in [0, 0.1) is 35.5 Å². The highest BCUT2D eigenvalue weighted by Gasteiger charge is 2.50. The Bertz CT molecular complexity index is 743. The lowest BCUT2D eigenvalue weighted by Crippen LogP contribution is -2.50. The molecule has 2 aliphatic rings. The predicted molar refractivity (Wildman–Crippen MR) is 104 cm³/mol. The van der Waals surface area contributed by atoms with Gasteiger partial charge < -0.3 is 15.3 Å². The first-order valence-corrected chi connectivity index (χ1v) is 9.80. The number of aliphatic hydroxyl groups excluding tert-OH is 2. The van der Waals surface area contributed by atoms with E-state index in [0.717, 1.165) is 12.0 Å². The van der Waals surface area contributed by atoms with Crippen molar-refractivity contribution in [1.82, 2.24) is 0 Å². The van der Waals surface area contributed by atoms with E-state index in [1.807, 2.05) is 30.3 Å². The monoisotopic (exact) mass is 368 g/mol. The molecule has 2 fully saturated rings. The Balaban J connectivity index is 1.65. The molecule has 3 rings (SSSR count). The Morgan fingerprint density at radius 3 is 2.74 bits per heavy atom. The molecule has 0 bridgehead atoms. The van der Waals surface area contributed by atoms with Crippen molar-refractivity contribution >= 4 is 5.97 Å². The van der Waals surface area contributed by atoms with Gasteiger partial charge in [-0.05, 0) is 42.6 Å². The average Bonchev–Trinajstić information content (AvgIpc) is 2.64. The van der Waals surface area contributed by atoms with Crippen LogP contribution in [0.25, 0.3) is 0 Å². The van der Waals surface area contributed by atoms with Gasteiger partial charge in [0.15, 0.2) is 0 Å². The number of hydrogen-bond donors (Lipinski definition) is 3. The van der Waals surface area contributed by atoms with E-state index in [1.165, 1.54) is 5.57 Å². The molecule has 2 aliphatic carbocycles. The number of fused-ring (bicyclic) bond motifs is 1. The molecule has 3 N–H and O–H groups in total. The molecule has 0 radical (unpaired) electrons. The molecule has 0 saturated heterocycles. The lowest BCUT2D eigenvalue weighted by Gasteiger charge is -2.53. The van der Waals surface area contributed by atoms with Crippen molar-refractivity contribution in [2.24, 2.45) is 23.7 Å². The van der Waals surface area contributed by atoms with Crippen molar-refractivity contribution in [3.05, 3.63) is 47.5 Å². The second kappa shape index (κ2) is 8.73. The summed E-state index contributed by atoms with van der Waals surface area (Å²) in [6.07, 6.45) is 3.73. The zero-order chi connectivity index (χ0) is 19.4. The van der Waals surface area contributed by atoms with Gasteiger partial charge in [0.05, 0.1) is 12.0 Å². The van der Waals surface area contributed by atoms with E-state index in [1.54, 1.807) is 0 Å². The molecular weight excluding hydrogens is 340 g/mol. The number of allylic oxidation sites excluding steroid dienone is 2. The van der Waals surface area contributed by atoms with Gasteiger partial charge in [0.1, 0.15) is 6.10 Å². The minimum absolute atomic E-state index is 0.124. The smallest absolute Gasteiger partial charge is 0.303 e. The van der Waals surface area contributed by atoms with Gasteiger partial charge in [-0.2, -0.15) is 0 Å². The molecule has 0 amide bonds. The van der Waals surface area contributed by atoms with E-state index in [-0.39, 0.29) is 12.3 Å². The molecule has 4 heteroatoms. The molecule has 0 aliphatic heterocycles. The van der Waals surface area contributed by atoms with Crippen molar-refractivity contribution in [3.63, 3.8) is 0 Å². The van der Waals surface area contributed by atoms with Crippen LogP contribution in [-0.4, -0.2) is 33.5 Å². The van der Waals surface area contributed by atoms with Gasteiger partial charge >= 0.3 is 5.97 Å². The number of hydrogen-bond acceptors (Lipinski definition) is 3. The topological polar surface area (TPSA) is 77.8 Å². The van der Waals surface area contributed by atoms with Crippen LogP contribution in [0.4, 0.5) is 0 Å². The molecule has 2 unspecified atom stereocenters. The lowest BCUT2D eigenvalue weighted by molar-refractivity contribution is -0.136. The molecule has 4 nitrogen and oxygen atoms in total. The van der Waals surface area contributed by atoms with Crippen LogP contribution in [0.5, 0.6) is 0 Å². The normalized spacial score (nSPS) is 32.0.